The molecule has 35 heavy (non-hydrogen) atoms. The Hall–Kier alpha value is -3.98. The Bertz CT molecular complexity index is 1520. The number of benzene rings is 2. The summed E-state index contributed by atoms with van der Waals surface area (Å²) in [5.74, 6) is 1.83. The Balaban J connectivity index is 1.48. The monoisotopic (exact) mass is 486 g/mol. The molecular weight excluding hydrogens is 464 g/mol. The third-order valence-electron chi connectivity index (χ3n) is 6.47. The molecule has 0 saturated carbocycles. The summed E-state index contributed by atoms with van der Waals surface area (Å²) in [6.45, 7) is 6.29. The van der Waals surface area contributed by atoms with Gasteiger partial charge in [-0.1, -0.05) is 30.3 Å². The van der Waals surface area contributed by atoms with E-state index in [1.165, 1.54) is 4.88 Å². The average molecular weight is 487 g/mol. The number of carbonyl (C=O) groups is 1. The first-order chi connectivity index (χ1) is 16.9. The van der Waals surface area contributed by atoms with Gasteiger partial charge in [-0.25, -0.2) is 0 Å². The van der Waals surface area contributed by atoms with E-state index in [-0.39, 0.29) is 13.2 Å². The number of aliphatic carboxylic acids is 1. The van der Waals surface area contributed by atoms with Crippen LogP contribution < -0.4 is 9.47 Å². The van der Waals surface area contributed by atoms with Gasteiger partial charge in [-0.05, 0) is 49.6 Å². The van der Waals surface area contributed by atoms with Crippen LogP contribution in [0.3, 0.4) is 0 Å². The minimum Gasteiger partial charge on any atom is -0.481 e. The van der Waals surface area contributed by atoms with Crippen LogP contribution in [0.4, 0.5) is 0 Å². The van der Waals surface area contributed by atoms with Gasteiger partial charge in [0.25, 0.3) is 0 Å². The molecule has 0 fully saturated rings. The van der Waals surface area contributed by atoms with E-state index in [2.05, 4.69) is 24.0 Å². The van der Waals surface area contributed by atoms with Crippen molar-refractivity contribution in [2.45, 2.75) is 33.2 Å². The largest absolute Gasteiger partial charge is 0.481 e. The fourth-order valence-corrected chi connectivity index (χ4v) is 5.80. The fourth-order valence-electron chi connectivity index (χ4n) is 4.59. The van der Waals surface area contributed by atoms with E-state index in [0.717, 1.165) is 50.0 Å². The molecule has 1 N–H and O–H groups in total. The maximum atomic E-state index is 11.7. The summed E-state index contributed by atoms with van der Waals surface area (Å²) in [6.07, 6.45) is -0.163. The van der Waals surface area contributed by atoms with Gasteiger partial charge in [0.15, 0.2) is 17.3 Å². The molecule has 176 valence electrons. The van der Waals surface area contributed by atoms with Gasteiger partial charge in [0, 0.05) is 16.0 Å². The van der Waals surface area contributed by atoms with E-state index in [1.807, 2.05) is 54.0 Å². The standard InChI is InChI=1S/C26H22N4O4S/c1-13-14(2)35-26-23(13)24(27-19(11-22(31)32)25-29-28-15(3)30(25)26)17-6-4-16(5-7-17)18-8-9-20-21(10-18)34-12-33-20/h4-10,19H,11-12H2,1-3H3,(H,31,32)/t19-/m0/s1. The van der Waals surface area contributed by atoms with Crippen LogP contribution in [0.1, 0.15) is 45.7 Å². The number of aliphatic imine (C=N–C) groups is 1. The first kappa shape index (κ1) is 21.5. The summed E-state index contributed by atoms with van der Waals surface area (Å²) >= 11 is 1.65. The lowest BCUT2D eigenvalue weighted by atomic mass is 9.97. The zero-order chi connectivity index (χ0) is 24.3. The van der Waals surface area contributed by atoms with Crippen molar-refractivity contribution in [3.05, 3.63) is 75.7 Å². The molecule has 0 radical (unpaired) electrons. The van der Waals surface area contributed by atoms with Crippen molar-refractivity contribution < 1.29 is 19.4 Å². The number of rotatable bonds is 4. The van der Waals surface area contributed by atoms with Crippen molar-refractivity contribution >= 4 is 23.0 Å². The number of ether oxygens (including phenoxy) is 2. The van der Waals surface area contributed by atoms with E-state index in [4.69, 9.17) is 14.5 Å². The number of carboxylic acids is 1. The molecule has 0 unspecified atom stereocenters. The van der Waals surface area contributed by atoms with Crippen molar-refractivity contribution in [1.82, 2.24) is 14.8 Å². The summed E-state index contributed by atoms with van der Waals surface area (Å²) < 4.78 is 12.9. The molecule has 4 heterocycles. The summed E-state index contributed by atoms with van der Waals surface area (Å²) in [4.78, 5) is 17.9. The predicted molar refractivity (Wildman–Crippen MR) is 132 cm³/mol. The molecular formula is C26H22N4O4S. The maximum Gasteiger partial charge on any atom is 0.306 e. The summed E-state index contributed by atoms with van der Waals surface area (Å²) in [7, 11) is 0. The summed E-state index contributed by atoms with van der Waals surface area (Å²) in [5.41, 5.74) is 5.88. The number of hydrogen-bond acceptors (Lipinski definition) is 7. The third kappa shape index (κ3) is 3.50. The molecule has 0 bridgehead atoms. The van der Waals surface area contributed by atoms with Crippen molar-refractivity contribution in [3.63, 3.8) is 0 Å². The highest BCUT2D eigenvalue weighted by atomic mass is 32.1. The third-order valence-corrected chi connectivity index (χ3v) is 7.66. The van der Waals surface area contributed by atoms with Gasteiger partial charge >= 0.3 is 5.97 Å². The lowest BCUT2D eigenvalue weighted by Crippen LogP contribution is -2.10. The van der Waals surface area contributed by atoms with E-state index < -0.39 is 12.0 Å². The highest BCUT2D eigenvalue weighted by Crippen LogP contribution is 2.40. The molecule has 4 aromatic rings. The highest BCUT2D eigenvalue weighted by molar-refractivity contribution is 7.15. The van der Waals surface area contributed by atoms with Gasteiger partial charge < -0.3 is 14.6 Å². The van der Waals surface area contributed by atoms with E-state index in [9.17, 15) is 9.90 Å². The molecule has 0 saturated heterocycles. The summed E-state index contributed by atoms with van der Waals surface area (Å²) in [6, 6.07) is 13.4. The van der Waals surface area contributed by atoms with E-state index in [1.54, 1.807) is 11.3 Å². The minimum atomic E-state index is -0.929. The second kappa shape index (κ2) is 8.06. The van der Waals surface area contributed by atoms with Gasteiger partial charge in [0.1, 0.15) is 16.9 Å². The van der Waals surface area contributed by atoms with Crippen LogP contribution in [0.5, 0.6) is 11.5 Å². The van der Waals surface area contributed by atoms with Crippen molar-refractivity contribution in [3.8, 4) is 27.6 Å². The maximum absolute atomic E-state index is 11.7. The molecule has 2 aliphatic heterocycles. The number of carboxylic acid groups (broad SMARTS) is 1. The number of thiophene rings is 1. The van der Waals surface area contributed by atoms with Gasteiger partial charge in [0.2, 0.25) is 6.79 Å². The Morgan fingerprint density at radius 3 is 2.51 bits per heavy atom. The van der Waals surface area contributed by atoms with Gasteiger partial charge in [-0.2, -0.15) is 0 Å². The number of aromatic nitrogens is 3. The van der Waals surface area contributed by atoms with Crippen LogP contribution in [0.25, 0.3) is 16.1 Å². The predicted octanol–water partition coefficient (Wildman–Crippen LogP) is 5.02. The Morgan fingerprint density at radius 1 is 1.03 bits per heavy atom. The Labute approximate surface area is 205 Å². The van der Waals surface area contributed by atoms with Crippen LogP contribution in [-0.2, 0) is 4.79 Å². The summed E-state index contributed by atoms with van der Waals surface area (Å²) in [5, 5.41) is 19.1. The van der Waals surface area contributed by atoms with Gasteiger partial charge in [0.05, 0.1) is 12.1 Å². The van der Waals surface area contributed by atoms with Gasteiger partial charge in [-0.15, -0.1) is 21.5 Å². The molecule has 8 nitrogen and oxygen atoms in total. The fraction of sp³-hybridized carbons (Fsp3) is 0.231. The zero-order valence-electron chi connectivity index (χ0n) is 19.4. The van der Waals surface area contributed by atoms with Crippen LogP contribution in [0, 0.1) is 20.8 Å². The average Bonchev–Trinajstić information content (AvgIpc) is 3.52. The molecule has 6 rings (SSSR count). The van der Waals surface area contributed by atoms with E-state index in [0.29, 0.717) is 11.6 Å². The van der Waals surface area contributed by atoms with E-state index >= 15 is 0 Å². The van der Waals surface area contributed by atoms with Crippen molar-refractivity contribution in [2.75, 3.05) is 6.79 Å². The molecule has 9 heteroatoms. The number of fused-ring (bicyclic) bond motifs is 4. The SMILES string of the molecule is Cc1sc2c(c1C)C(c1ccc(-c3ccc4c(c3)OCO4)cc1)=N[C@@H](CC(=O)O)c1nnc(C)n1-2. The second-order valence-electron chi connectivity index (χ2n) is 8.64. The Morgan fingerprint density at radius 2 is 1.74 bits per heavy atom. The van der Waals surface area contributed by atoms with Crippen molar-refractivity contribution in [2.24, 2.45) is 4.99 Å². The molecule has 2 aliphatic rings. The zero-order valence-corrected chi connectivity index (χ0v) is 20.2. The molecule has 0 amide bonds. The molecule has 1 atom stereocenters. The first-order valence-electron chi connectivity index (χ1n) is 11.2. The molecule has 2 aromatic heterocycles. The number of nitrogens with zero attached hydrogens (tertiary/aromatic N) is 4. The van der Waals surface area contributed by atoms with Crippen LogP contribution in [0.2, 0.25) is 0 Å². The van der Waals surface area contributed by atoms with Gasteiger partial charge in [-0.3, -0.25) is 14.4 Å². The minimum absolute atomic E-state index is 0.163. The van der Waals surface area contributed by atoms with Crippen LogP contribution in [0.15, 0.2) is 47.5 Å². The molecule has 0 aliphatic carbocycles. The lowest BCUT2D eigenvalue weighted by Gasteiger charge is -2.11. The second-order valence-corrected chi connectivity index (χ2v) is 9.84. The highest BCUT2D eigenvalue weighted by Gasteiger charge is 2.32. The first-order valence-corrected chi connectivity index (χ1v) is 12.0. The van der Waals surface area contributed by atoms with Crippen LogP contribution >= 0.6 is 11.3 Å². The van der Waals surface area contributed by atoms with Crippen molar-refractivity contribution in [1.29, 1.82) is 0 Å². The quantitative estimate of drug-likeness (QED) is 0.435. The Kier molecular flexibility index (Phi) is 4.96. The lowest BCUT2D eigenvalue weighted by molar-refractivity contribution is -0.137. The number of hydrogen-bond donors (Lipinski definition) is 1. The number of aryl methyl sites for hydroxylation is 2. The normalized spacial score (nSPS) is 15.9. The van der Waals surface area contributed by atoms with Crippen LogP contribution in [-0.4, -0.2) is 38.3 Å². The smallest absolute Gasteiger partial charge is 0.306 e. The molecule has 2 aromatic carbocycles. The molecule has 0 spiro atoms. The topological polar surface area (TPSA) is 98.8 Å².